The maximum absolute atomic E-state index is 13.4. The Bertz CT molecular complexity index is 1380. The lowest BCUT2D eigenvalue weighted by Crippen LogP contribution is -1.95. The summed E-state index contributed by atoms with van der Waals surface area (Å²) in [5.41, 5.74) is 4.08. The van der Waals surface area contributed by atoms with Crippen molar-refractivity contribution in [2.45, 2.75) is 6.54 Å². The lowest BCUT2D eigenvalue weighted by molar-refractivity contribution is 0.607. The Kier molecular flexibility index (Phi) is 4.26. The maximum atomic E-state index is 13.4. The highest BCUT2D eigenvalue weighted by Gasteiger charge is 2.20. The zero-order chi connectivity index (χ0) is 20.5. The molecule has 30 heavy (non-hydrogen) atoms. The van der Waals surface area contributed by atoms with E-state index in [4.69, 9.17) is 9.68 Å². The maximum Gasteiger partial charge on any atom is 0.251 e. The van der Waals surface area contributed by atoms with Crippen LogP contribution < -0.4 is 0 Å². The Balaban J connectivity index is 1.71. The molecule has 0 bridgehead atoms. The van der Waals surface area contributed by atoms with Gasteiger partial charge in [-0.05, 0) is 36.4 Å². The molecule has 0 amide bonds. The monoisotopic (exact) mass is 396 g/mol. The van der Waals surface area contributed by atoms with Gasteiger partial charge in [-0.1, -0.05) is 18.2 Å². The molecule has 3 heterocycles. The van der Waals surface area contributed by atoms with Crippen molar-refractivity contribution in [3.8, 4) is 40.0 Å². The van der Waals surface area contributed by atoms with E-state index in [1.807, 2.05) is 30.3 Å². The fraction of sp³-hybridized carbons (Fsp3) is 0.0455. The van der Waals surface area contributed by atoms with Crippen LogP contribution in [0.4, 0.5) is 4.39 Å². The first kappa shape index (κ1) is 17.7. The first-order valence-corrected chi connectivity index (χ1v) is 9.10. The summed E-state index contributed by atoms with van der Waals surface area (Å²) >= 11 is 0. The van der Waals surface area contributed by atoms with E-state index in [1.54, 1.807) is 18.3 Å². The highest BCUT2D eigenvalue weighted by atomic mass is 19.1. The van der Waals surface area contributed by atoms with E-state index >= 15 is 0 Å². The SMILES string of the molecule is N#CCn1cc(-c2ncnc3oc(-c4ccccc4)nc23)c(-c2ccc(F)cc2)n1. The van der Waals surface area contributed by atoms with Crippen LogP contribution in [0.1, 0.15) is 0 Å². The molecule has 0 fully saturated rings. The normalized spacial score (nSPS) is 10.9. The Labute approximate surface area is 170 Å². The molecular weight excluding hydrogens is 383 g/mol. The molecule has 0 saturated carbocycles. The van der Waals surface area contributed by atoms with Crippen LogP contribution in [0.2, 0.25) is 0 Å². The number of halogens is 1. The van der Waals surface area contributed by atoms with Gasteiger partial charge in [-0.15, -0.1) is 0 Å². The summed E-state index contributed by atoms with van der Waals surface area (Å²) in [7, 11) is 0. The van der Waals surface area contributed by atoms with Crippen LogP contribution in [0.3, 0.4) is 0 Å². The molecule has 0 atom stereocenters. The smallest absolute Gasteiger partial charge is 0.251 e. The van der Waals surface area contributed by atoms with E-state index in [0.29, 0.717) is 39.6 Å². The van der Waals surface area contributed by atoms with E-state index < -0.39 is 0 Å². The van der Waals surface area contributed by atoms with Gasteiger partial charge in [0.25, 0.3) is 5.71 Å². The number of benzene rings is 2. The predicted octanol–water partition coefficient (Wildman–Crippen LogP) is 4.48. The molecule has 144 valence electrons. The second-order valence-electron chi connectivity index (χ2n) is 6.52. The number of rotatable bonds is 4. The van der Waals surface area contributed by atoms with Gasteiger partial charge in [-0.3, -0.25) is 4.68 Å². The third-order valence-electron chi connectivity index (χ3n) is 4.58. The fourth-order valence-electron chi connectivity index (χ4n) is 3.22. The lowest BCUT2D eigenvalue weighted by atomic mass is 10.1. The van der Waals surface area contributed by atoms with Gasteiger partial charge in [0, 0.05) is 22.9 Å². The number of aromatic nitrogens is 5. The van der Waals surface area contributed by atoms with Crippen molar-refractivity contribution in [3.05, 3.63) is 72.9 Å². The molecule has 2 aromatic carbocycles. The van der Waals surface area contributed by atoms with E-state index in [1.165, 1.54) is 23.1 Å². The average molecular weight is 396 g/mol. The highest BCUT2D eigenvalue weighted by molar-refractivity contribution is 5.92. The Morgan fingerprint density at radius 1 is 0.967 bits per heavy atom. The number of oxazole rings is 1. The van der Waals surface area contributed by atoms with Gasteiger partial charge < -0.3 is 4.42 Å². The number of hydrogen-bond donors (Lipinski definition) is 0. The van der Waals surface area contributed by atoms with E-state index in [0.717, 1.165) is 5.56 Å². The fourth-order valence-corrected chi connectivity index (χ4v) is 3.22. The summed E-state index contributed by atoms with van der Waals surface area (Å²) in [6.45, 7) is 0.0660. The van der Waals surface area contributed by atoms with Crippen LogP contribution in [0.15, 0.2) is 71.5 Å². The van der Waals surface area contributed by atoms with Crippen molar-refractivity contribution in [2.75, 3.05) is 0 Å². The number of nitriles is 1. The van der Waals surface area contributed by atoms with Crippen LogP contribution in [0, 0.1) is 17.1 Å². The van der Waals surface area contributed by atoms with E-state index in [-0.39, 0.29) is 12.4 Å². The van der Waals surface area contributed by atoms with Gasteiger partial charge in [0.1, 0.15) is 30.1 Å². The minimum absolute atomic E-state index is 0.0660. The molecule has 0 aliphatic rings. The molecule has 5 aromatic rings. The molecule has 5 rings (SSSR count). The topological polar surface area (TPSA) is 93.4 Å². The Morgan fingerprint density at radius 2 is 1.77 bits per heavy atom. The van der Waals surface area contributed by atoms with E-state index in [2.05, 4.69) is 26.1 Å². The van der Waals surface area contributed by atoms with Gasteiger partial charge in [-0.25, -0.2) is 14.4 Å². The molecule has 0 radical (unpaired) electrons. The summed E-state index contributed by atoms with van der Waals surface area (Å²) in [4.78, 5) is 13.2. The van der Waals surface area contributed by atoms with Crippen LogP contribution in [0.25, 0.3) is 45.2 Å². The molecule has 0 N–H and O–H groups in total. The summed E-state index contributed by atoms with van der Waals surface area (Å²) in [5, 5.41) is 13.6. The van der Waals surface area contributed by atoms with Crippen LogP contribution in [-0.2, 0) is 6.54 Å². The molecule has 0 saturated heterocycles. The van der Waals surface area contributed by atoms with Crippen molar-refractivity contribution in [3.63, 3.8) is 0 Å². The molecule has 0 aliphatic carbocycles. The molecular formula is C22H13FN6O. The van der Waals surface area contributed by atoms with Crippen LogP contribution in [0.5, 0.6) is 0 Å². The lowest BCUT2D eigenvalue weighted by Gasteiger charge is -2.02. The highest BCUT2D eigenvalue weighted by Crippen LogP contribution is 2.34. The van der Waals surface area contributed by atoms with Crippen molar-refractivity contribution >= 4 is 11.2 Å². The molecule has 0 spiro atoms. The summed E-state index contributed by atoms with van der Waals surface area (Å²) in [5.74, 6) is 0.0882. The quantitative estimate of drug-likeness (QED) is 0.445. The number of hydrogen-bond acceptors (Lipinski definition) is 6. The zero-order valence-corrected chi connectivity index (χ0v) is 15.5. The van der Waals surface area contributed by atoms with Crippen LogP contribution >= 0.6 is 0 Å². The minimum atomic E-state index is -0.342. The van der Waals surface area contributed by atoms with Gasteiger partial charge in [0.15, 0.2) is 5.52 Å². The van der Waals surface area contributed by atoms with Crippen LogP contribution in [-0.4, -0.2) is 24.7 Å². The van der Waals surface area contributed by atoms with Crippen molar-refractivity contribution in [1.82, 2.24) is 24.7 Å². The van der Waals surface area contributed by atoms with Gasteiger partial charge in [0.05, 0.1) is 6.07 Å². The summed E-state index contributed by atoms with van der Waals surface area (Å²) in [6, 6.07) is 17.6. The van der Waals surface area contributed by atoms with Gasteiger partial charge in [-0.2, -0.15) is 15.3 Å². The second kappa shape index (κ2) is 7.22. The van der Waals surface area contributed by atoms with Crippen molar-refractivity contribution < 1.29 is 8.81 Å². The minimum Gasteiger partial charge on any atom is -0.418 e. The molecule has 7 nitrogen and oxygen atoms in total. The van der Waals surface area contributed by atoms with Gasteiger partial charge >= 0.3 is 0 Å². The third-order valence-corrected chi connectivity index (χ3v) is 4.58. The average Bonchev–Trinajstić information content (AvgIpc) is 3.39. The molecule has 0 aliphatic heterocycles. The number of nitrogens with zero attached hydrogens (tertiary/aromatic N) is 6. The largest absolute Gasteiger partial charge is 0.418 e. The Morgan fingerprint density at radius 3 is 2.53 bits per heavy atom. The van der Waals surface area contributed by atoms with Crippen molar-refractivity contribution in [2.24, 2.45) is 0 Å². The Hall–Kier alpha value is -4.38. The second-order valence-corrected chi connectivity index (χ2v) is 6.52. The third kappa shape index (κ3) is 3.08. The van der Waals surface area contributed by atoms with Crippen molar-refractivity contribution in [1.29, 1.82) is 5.26 Å². The molecule has 3 aromatic heterocycles. The van der Waals surface area contributed by atoms with E-state index in [9.17, 15) is 4.39 Å². The first-order valence-electron chi connectivity index (χ1n) is 9.10. The molecule has 8 heteroatoms. The zero-order valence-electron chi connectivity index (χ0n) is 15.5. The first-order chi connectivity index (χ1) is 14.7. The summed E-state index contributed by atoms with van der Waals surface area (Å²) < 4.78 is 20.8. The van der Waals surface area contributed by atoms with Gasteiger partial charge in [0.2, 0.25) is 5.89 Å². The predicted molar refractivity (Wildman–Crippen MR) is 107 cm³/mol. The standard InChI is InChI=1S/C22H13FN6O/c23-16-8-6-14(7-9-16)18-17(12-29(28-18)11-10-24)19-20-22(26-13-25-19)30-21(27-20)15-4-2-1-3-5-15/h1-9,12-13H,11H2. The summed E-state index contributed by atoms with van der Waals surface area (Å²) in [6.07, 6.45) is 3.12. The number of fused-ring (bicyclic) bond motifs is 1. The molecule has 0 unspecified atom stereocenters.